The normalized spacial score (nSPS) is 21.3. The third kappa shape index (κ3) is 3.24. The van der Waals surface area contributed by atoms with E-state index in [0.717, 1.165) is 4.90 Å². The fraction of sp³-hybridized carbons (Fsp3) is 0.429. The maximum atomic E-state index is 12.8. The number of rotatable bonds is 1. The van der Waals surface area contributed by atoms with Gasteiger partial charge in [-0.05, 0) is 18.2 Å². The average Bonchev–Trinajstić information content (AvgIpc) is 2.52. The standard InChI is InChI=1S/C14H14F3N3O3/c15-14(16,17)11-6-20(4-3-18-11)13(22)8-1-2-10-9(5-8)19-12(21)7-23-10/h1-2,5,11,18H,3-4,6-7H2,(H,19,21). The first-order valence-corrected chi connectivity index (χ1v) is 7.00. The minimum atomic E-state index is -4.41. The lowest BCUT2D eigenvalue weighted by atomic mass is 10.1. The molecule has 23 heavy (non-hydrogen) atoms. The first-order chi connectivity index (χ1) is 10.8. The Balaban J connectivity index is 1.78. The molecule has 0 spiro atoms. The number of piperazine rings is 1. The van der Waals surface area contributed by atoms with E-state index in [9.17, 15) is 22.8 Å². The van der Waals surface area contributed by atoms with Crippen molar-refractivity contribution in [3.8, 4) is 5.75 Å². The zero-order chi connectivity index (χ0) is 16.6. The maximum absolute atomic E-state index is 12.8. The van der Waals surface area contributed by atoms with Gasteiger partial charge in [0.05, 0.1) is 5.69 Å². The highest BCUT2D eigenvalue weighted by Gasteiger charge is 2.42. The SMILES string of the molecule is O=C1COc2ccc(C(=O)N3CCNC(C(F)(F)F)C3)cc2N1. The van der Waals surface area contributed by atoms with Gasteiger partial charge in [-0.1, -0.05) is 0 Å². The smallest absolute Gasteiger partial charge is 0.405 e. The van der Waals surface area contributed by atoms with E-state index in [-0.39, 0.29) is 31.2 Å². The van der Waals surface area contributed by atoms with E-state index in [2.05, 4.69) is 10.6 Å². The summed E-state index contributed by atoms with van der Waals surface area (Å²) >= 11 is 0. The summed E-state index contributed by atoms with van der Waals surface area (Å²) in [5, 5.41) is 4.92. The molecule has 1 unspecified atom stereocenters. The van der Waals surface area contributed by atoms with Crippen LogP contribution in [-0.2, 0) is 4.79 Å². The molecule has 1 atom stereocenters. The molecule has 1 fully saturated rings. The molecule has 1 aromatic carbocycles. The van der Waals surface area contributed by atoms with Gasteiger partial charge < -0.3 is 20.3 Å². The molecule has 2 heterocycles. The number of hydrogen-bond acceptors (Lipinski definition) is 4. The van der Waals surface area contributed by atoms with Crippen molar-refractivity contribution in [1.29, 1.82) is 0 Å². The summed E-state index contributed by atoms with van der Waals surface area (Å²) in [5.74, 6) is -0.431. The van der Waals surface area contributed by atoms with E-state index in [0.29, 0.717) is 11.4 Å². The Bertz CT molecular complexity index is 648. The summed E-state index contributed by atoms with van der Waals surface area (Å²) in [6.45, 7) is -0.292. The van der Waals surface area contributed by atoms with Gasteiger partial charge in [0.15, 0.2) is 6.61 Å². The summed E-state index contributed by atoms with van der Waals surface area (Å²) < 4.78 is 43.5. The van der Waals surface area contributed by atoms with Crippen LogP contribution < -0.4 is 15.4 Å². The quantitative estimate of drug-likeness (QED) is 0.806. The molecule has 0 radical (unpaired) electrons. The first-order valence-electron chi connectivity index (χ1n) is 7.00. The molecule has 1 aromatic rings. The van der Waals surface area contributed by atoms with Gasteiger partial charge in [0, 0.05) is 25.2 Å². The van der Waals surface area contributed by atoms with Crippen LogP contribution in [0.25, 0.3) is 0 Å². The molecular weight excluding hydrogens is 315 g/mol. The topological polar surface area (TPSA) is 70.7 Å². The van der Waals surface area contributed by atoms with Gasteiger partial charge in [0.1, 0.15) is 11.8 Å². The minimum Gasteiger partial charge on any atom is -0.482 e. The van der Waals surface area contributed by atoms with Gasteiger partial charge in [-0.2, -0.15) is 13.2 Å². The fourth-order valence-corrected chi connectivity index (χ4v) is 2.55. The van der Waals surface area contributed by atoms with Crippen molar-refractivity contribution in [2.24, 2.45) is 0 Å². The van der Waals surface area contributed by atoms with Crippen LogP contribution in [0.5, 0.6) is 5.75 Å². The Hall–Kier alpha value is -2.29. The van der Waals surface area contributed by atoms with E-state index >= 15 is 0 Å². The molecule has 2 amide bonds. The number of nitrogens with one attached hydrogen (secondary N) is 2. The predicted molar refractivity (Wildman–Crippen MR) is 74.3 cm³/mol. The van der Waals surface area contributed by atoms with Gasteiger partial charge in [-0.15, -0.1) is 0 Å². The Morgan fingerprint density at radius 3 is 2.87 bits per heavy atom. The maximum Gasteiger partial charge on any atom is 0.405 e. The number of nitrogens with zero attached hydrogens (tertiary/aromatic N) is 1. The average molecular weight is 329 g/mol. The zero-order valence-corrected chi connectivity index (χ0v) is 11.9. The largest absolute Gasteiger partial charge is 0.482 e. The Labute approximate surface area is 129 Å². The number of halogens is 3. The molecule has 0 aliphatic carbocycles. The lowest BCUT2D eigenvalue weighted by Crippen LogP contribution is -2.58. The molecule has 2 aliphatic heterocycles. The number of benzene rings is 1. The molecule has 2 aliphatic rings. The van der Waals surface area contributed by atoms with Crippen LogP contribution in [0.15, 0.2) is 18.2 Å². The third-order valence-corrected chi connectivity index (χ3v) is 3.72. The molecule has 6 nitrogen and oxygen atoms in total. The number of carbonyl (C=O) groups excluding carboxylic acids is 2. The summed E-state index contributed by atoms with van der Waals surface area (Å²) in [6, 6.07) is 2.68. The summed E-state index contributed by atoms with van der Waals surface area (Å²) in [6.07, 6.45) is -4.41. The number of fused-ring (bicyclic) bond motifs is 1. The van der Waals surface area contributed by atoms with Gasteiger partial charge in [0.25, 0.3) is 11.8 Å². The van der Waals surface area contributed by atoms with Crippen LogP contribution in [0.3, 0.4) is 0 Å². The molecule has 0 bridgehead atoms. The van der Waals surface area contributed by atoms with Gasteiger partial charge in [-0.25, -0.2) is 0 Å². The van der Waals surface area contributed by atoms with Crippen LogP contribution >= 0.6 is 0 Å². The van der Waals surface area contributed by atoms with Crippen molar-refractivity contribution in [2.75, 3.05) is 31.6 Å². The van der Waals surface area contributed by atoms with Crippen molar-refractivity contribution >= 4 is 17.5 Å². The second kappa shape index (κ2) is 5.73. The molecular formula is C14H14F3N3O3. The molecule has 0 aromatic heterocycles. The number of carbonyl (C=O) groups is 2. The number of amides is 2. The van der Waals surface area contributed by atoms with Gasteiger partial charge >= 0.3 is 6.18 Å². The molecule has 124 valence electrons. The summed E-state index contributed by atoms with van der Waals surface area (Å²) in [5.41, 5.74) is 0.548. The van der Waals surface area contributed by atoms with Crippen LogP contribution in [-0.4, -0.2) is 55.2 Å². The molecule has 0 saturated carbocycles. The van der Waals surface area contributed by atoms with E-state index in [1.807, 2.05) is 0 Å². The lowest BCUT2D eigenvalue weighted by Gasteiger charge is -2.34. The van der Waals surface area contributed by atoms with Crippen molar-refractivity contribution in [1.82, 2.24) is 10.2 Å². The highest BCUT2D eigenvalue weighted by atomic mass is 19.4. The van der Waals surface area contributed by atoms with Crippen LogP contribution in [0.4, 0.5) is 18.9 Å². The van der Waals surface area contributed by atoms with E-state index in [1.54, 1.807) is 0 Å². The third-order valence-electron chi connectivity index (χ3n) is 3.72. The molecule has 9 heteroatoms. The van der Waals surface area contributed by atoms with E-state index in [4.69, 9.17) is 4.74 Å². The Kier molecular flexibility index (Phi) is 3.88. The fourth-order valence-electron chi connectivity index (χ4n) is 2.55. The van der Waals surface area contributed by atoms with Crippen molar-refractivity contribution < 1.29 is 27.5 Å². The highest BCUT2D eigenvalue weighted by molar-refractivity contribution is 5.99. The van der Waals surface area contributed by atoms with Crippen molar-refractivity contribution in [3.05, 3.63) is 23.8 Å². The van der Waals surface area contributed by atoms with Crippen LogP contribution in [0, 0.1) is 0 Å². The number of alkyl halides is 3. The van der Waals surface area contributed by atoms with Gasteiger partial charge in [-0.3, -0.25) is 9.59 Å². The summed E-state index contributed by atoms with van der Waals surface area (Å²) in [7, 11) is 0. The number of hydrogen-bond donors (Lipinski definition) is 2. The van der Waals surface area contributed by atoms with Gasteiger partial charge in [0.2, 0.25) is 0 Å². The second-order valence-electron chi connectivity index (χ2n) is 5.35. The second-order valence-corrected chi connectivity index (χ2v) is 5.35. The minimum absolute atomic E-state index is 0.0701. The highest BCUT2D eigenvalue weighted by Crippen LogP contribution is 2.29. The van der Waals surface area contributed by atoms with Crippen LogP contribution in [0.1, 0.15) is 10.4 Å². The summed E-state index contributed by atoms with van der Waals surface area (Å²) in [4.78, 5) is 24.9. The molecule has 1 saturated heterocycles. The molecule has 2 N–H and O–H groups in total. The predicted octanol–water partition coefficient (Wildman–Crippen LogP) is 0.994. The Morgan fingerprint density at radius 1 is 1.35 bits per heavy atom. The number of ether oxygens (including phenoxy) is 1. The first kappa shape index (κ1) is 15.6. The molecule has 3 rings (SSSR count). The Morgan fingerprint density at radius 2 is 2.13 bits per heavy atom. The zero-order valence-electron chi connectivity index (χ0n) is 11.9. The van der Waals surface area contributed by atoms with Crippen molar-refractivity contribution in [3.63, 3.8) is 0 Å². The van der Waals surface area contributed by atoms with Crippen molar-refractivity contribution in [2.45, 2.75) is 12.2 Å². The monoisotopic (exact) mass is 329 g/mol. The number of anilines is 1. The van der Waals surface area contributed by atoms with E-state index < -0.39 is 24.7 Å². The van der Waals surface area contributed by atoms with E-state index in [1.165, 1.54) is 18.2 Å². The lowest BCUT2D eigenvalue weighted by molar-refractivity contribution is -0.162. The van der Waals surface area contributed by atoms with Crippen LogP contribution in [0.2, 0.25) is 0 Å².